The molecular formula is C36H24O2. The highest BCUT2D eigenvalue weighted by Crippen LogP contribution is 2.13. The molecule has 0 N–H and O–H groups in total. The first kappa shape index (κ1) is 25.5. The number of hydrogen-bond donors (Lipinski definition) is 0. The lowest BCUT2D eigenvalue weighted by Gasteiger charge is -1.98. The number of methoxy groups -OCH3 is 2. The SMILES string of the molecule is COc1ccc(C#CC(C#Cc2ccc(OC)cc2)=C(C#Cc2ccccc2)C#Cc2ccccc2)cc1. The Balaban J connectivity index is 1.85. The van der Waals surface area contributed by atoms with Crippen molar-refractivity contribution in [1.29, 1.82) is 0 Å². The topological polar surface area (TPSA) is 18.5 Å². The monoisotopic (exact) mass is 488 g/mol. The molecule has 0 heterocycles. The molecular weight excluding hydrogens is 464 g/mol. The summed E-state index contributed by atoms with van der Waals surface area (Å²) in [7, 11) is 3.28. The Kier molecular flexibility index (Phi) is 9.09. The second-order valence-electron chi connectivity index (χ2n) is 7.94. The highest BCUT2D eigenvalue weighted by Gasteiger charge is 2.00. The van der Waals surface area contributed by atoms with Crippen LogP contribution in [0, 0.1) is 47.4 Å². The van der Waals surface area contributed by atoms with Crippen molar-refractivity contribution in [2.75, 3.05) is 14.2 Å². The minimum atomic E-state index is 0.545. The van der Waals surface area contributed by atoms with Crippen LogP contribution < -0.4 is 9.47 Å². The van der Waals surface area contributed by atoms with Gasteiger partial charge < -0.3 is 9.47 Å². The summed E-state index contributed by atoms with van der Waals surface area (Å²) >= 11 is 0. The number of rotatable bonds is 2. The fraction of sp³-hybridized carbons (Fsp3) is 0.0556. The van der Waals surface area contributed by atoms with Gasteiger partial charge in [0.25, 0.3) is 0 Å². The molecule has 0 amide bonds. The predicted octanol–water partition coefficient (Wildman–Crippen LogP) is 6.51. The largest absolute Gasteiger partial charge is 0.497 e. The highest BCUT2D eigenvalue weighted by molar-refractivity contribution is 5.65. The van der Waals surface area contributed by atoms with Gasteiger partial charge in [-0.2, -0.15) is 0 Å². The fourth-order valence-corrected chi connectivity index (χ4v) is 3.24. The summed E-state index contributed by atoms with van der Waals surface area (Å²) in [6, 6.07) is 34.7. The molecule has 4 aromatic rings. The minimum absolute atomic E-state index is 0.545. The Morgan fingerprint density at radius 2 is 0.684 bits per heavy atom. The molecule has 0 radical (unpaired) electrons. The second kappa shape index (κ2) is 13.5. The van der Waals surface area contributed by atoms with Gasteiger partial charge in [0.1, 0.15) is 11.5 Å². The molecule has 2 nitrogen and oxygen atoms in total. The van der Waals surface area contributed by atoms with Crippen LogP contribution in [0.25, 0.3) is 0 Å². The van der Waals surface area contributed by atoms with Crippen molar-refractivity contribution in [2.45, 2.75) is 0 Å². The Morgan fingerprint density at radius 3 is 0.974 bits per heavy atom. The van der Waals surface area contributed by atoms with Crippen molar-refractivity contribution in [3.8, 4) is 58.9 Å². The third-order valence-corrected chi connectivity index (χ3v) is 5.30. The van der Waals surface area contributed by atoms with Gasteiger partial charge in [-0.3, -0.25) is 0 Å². The zero-order chi connectivity index (χ0) is 26.4. The Morgan fingerprint density at radius 1 is 0.395 bits per heavy atom. The number of benzene rings is 4. The van der Waals surface area contributed by atoms with Gasteiger partial charge in [0, 0.05) is 22.3 Å². The fourth-order valence-electron chi connectivity index (χ4n) is 3.24. The lowest BCUT2D eigenvalue weighted by Crippen LogP contribution is -1.87. The van der Waals surface area contributed by atoms with Crippen molar-refractivity contribution < 1.29 is 9.47 Å². The number of ether oxygens (including phenoxy) is 2. The van der Waals surface area contributed by atoms with E-state index in [9.17, 15) is 0 Å². The van der Waals surface area contributed by atoms with Crippen molar-refractivity contribution in [3.63, 3.8) is 0 Å². The second-order valence-corrected chi connectivity index (χ2v) is 7.94. The standard InChI is InChI=1S/C36H24O2/c1-37-35-25-17-31(18-26-35)15-23-34(24-16-32-19-27-36(38-2)28-20-32)33(21-13-29-9-5-3-6-10-29)22-14-30-11-7-4-8-12-30/h3-12,17-20,25-28H,1-2H3. The van der Waals surface area contributed by atoms with Crippen molar-refractivity contribution >= 4 is 0 Å². The Labute approximate surface area is 225 Å². The average molecular weight is 489 g/mol. The van der Waals surface area contributed by atoms with E-state index in [-0.39, 0.29) is 0 Å². The smallest absolute Gasteiger partial charge is 0.118 e. The summed E-state index contributed by atoms with van der Waals surface area (Å²) in [5, 5.41) is 0. The summed E-state index contributed by atoms with van der Waals surface area (Å²) in [4.78, 5) is 0. The van der Waals surface area contributed by atoms with E-state index in [1.165, 1.54) is 0 Å². The zero-order valence-corrected chi connectivity index (χ0v) is 21.2. The van der Waals surface area contributed by atoms with E-state index in [1.54, 1.807) is 14.2 Å². The summed E-state index contributed by atoms with van der Waals surface area (Å²) < 4.78 is 10.5. The maximum atomic E-state index is 5.26. The van der Waals surface area contributed by atoms with E-state index < -0.39 is 0 Å². The molecule has 0 aromatic heterocycles. The maximum absolute atomic E-state index is 5.26. The molecule has 0 saturated heterocycles. The van der Waals surface area contributed by atoms with Gasteiger partial charge in [-0.25, -0.2) is 0 Å². The van der Waals surface area contributed by atoms with E-state index in [2.05, 4.69) is 47.4 Å². The van der Waals surface area contributed by atoms with Crippen LogP contribution in [0.15, 0.2) is 120 Å². The lowest BCUT2D eigenvalue weighted by molar-refractivity contribution is 0.414. The molecule has 2 heteroatoms. The van der Waals surface area contributed by atoms with E-state index in [4.69, 9.17) is 9.47 Å². The molecule has 180 valence electrons. The molecule has 0 fully saturated rings. The number of hydrogen-bond acceptors (Lipinski definition) is 2. The Hall–Kier alpha value is -5.54. The molecule has 0 aliphatic heterocycles. The van der Waals surface area contributed by atoms with Gasteiger partial charge in [-0.15, -0.1) is 0 Å². The molecule has 0 aliphatic carbocycles. The molecule has 0 bridgehead atoms. The molecule has 4 aromatic carbocycles. The zero-order valence-electron chi connectivity index (χ0n) is 21.2. The van der Waals surface area contributed by atoms with Gasteiger partial charge in [-0.05, 0) is 72.8 Å². The van der Waals surface area contributed by atoms with E-state index >= 15 is 0 Å². The molecule has 0 saturated carbocycles. The quantitative estimate of drug-likeness (QED) is 0.300. The van der Waals surface area contributed by atoms with Crippen LogP contribution in [-0.4, -0.2) is 14.2 Å². The highest BCUT2D eigenvalue weighted by atomic mass is 16.5. The van der Waals surface area contributed by atoms with Crippen LogP contribution in [0.1, 0.15) is 22.3 Å². The summed E-state index contributed by atoms with van der Waals surface area (Å²) in [5.41, 5.74) is 4.54. The van der Waals surface area contributed by atoms with Gasteiger partial charge in [0.05, 0.1) is 25.4 Å². The molecule has 38 heavy (non-hydrogen) atoms. The summed E-state index contributed by atoms with van der Waals surface area (Å²) in [6.07, 6.45) is 0. The lowest BCUT2D eigenvalue weighted by atomic mass is 10.1. The first-order valence-electron chi connectivity index (χ1n) is 11.9. The number of allylic oxidation sites excluding steroid dienone is 2. The average Bonchev–Trinajstić information content (AvgIpc) is 2.99. The first-order valence-corrected chi connectivity index (χ1v) is 11.9. The molecule has 4 rings (SSSR count). The van der Waals surface area contributed by atoms with Crippen molar-refractivity contribution in [1.82, 2.24) is 0 Å². The summed E-state index contributed by atoms with van der Waals surface area (Å²) in [5.74, 6) is 27.3. The molecule has 0 aliphatic rings. The van der Waals surface area contributed by atoms with Crippen LogP contribution in [-0.2, 0) is 0 Å². The predicted molar refractivity (Wildman–Crippen MR) is 153 cm³/mol. The maximum Gasteiger partial charge on any atom is 0.118 e. The normalized spacial score (nSPS) is 9.00. The van der Waals surface area contributed by atoms with Crippen molar-refractivity contribution in [3.05, 3.63) is 143 Å². The van der Waals surface area contributed by atoms with Gasteiger partial charge in [0.15, 0.2) is 0 Å². The molecule has 0 spiro atoms. The van der Waals surface area contributed by atoms with Gasteiger partial charge in [-0.1, -0.05) is 83.8 Å². The molecule has 0 unspecified atom stereocenters. The van der Waals surface area contributed by atoms with E-state index in [1.807, 2.05) is 109 Å². The van der Waals surface area contributed by atoms with Crippen molar-refractivity contribution in [2.24, 2.45) is 0 Å². The van der Waals surface area contributed by atoms with Crippen LogP contribution in [0.5, 0.6) is 11.5 Å². The Bertz CT molecular complexity index is 1520. The van der Waals surface area contributed by atoms with E-state index in [0.29, 0.717) is 11.1 Å². The van der Waals surface area contributed by atoms with Crippen LogP contribution in [0.4, 0.5) is 0 Å². The van der Waals surface area contributed by atoms with Crippen LogP contribution in [0.3, 0.4) is 0 Å². The van der Waals surface area contributed by atoms with Gasteiger partial charge >= 0.3 is 0 Å². The van der Waals surface area contributed by atoms with Crippen LogP contribution in [0.2, 0.25) is 0 Å². The molecule has 0 atom stereocenters. The minimum Gasteiger partial charge on any atom is -0.497 e. The third-order valence-electron chi connectivity index (χ3n) is 5.30. The summed E-state index contributed by atoms with van der Waals surface area (Å²) in [6.45, 7) is 0. The van der Waals surface area contributed by atoms with E-state index in [0.717, 1.165) is 33.8 Å². The third kappa shape index (κ3) is 7.74. The van der Waals surface area contributed by atoms with Crippen LogP contribution >= 0.6 is 0 Å². The van der Waals surface area contributed by atoms with Gasteiger partial charge in [0.2, 0.25) is 0 Å². The first-order chi connectivity index (χ1) is 18.7.